The first kappa shape index (κ1) is 14.4. The van der Waals surface area contributed by atoms with Gasteiger partial charge in [0.15, 0.2) is 6.61 Å². The topological polar surface area (TPSA) is 78.4 Å². The fourth-order valence-electron chi connectivity index (χ4n) is 2.75. The molecule has 0 aliphatic heterocycles. The van der Waals surface area contributed by atoms with E-state index in [1.165, 1.54) is 0 Å². The van der Waals surface area contributed by atoms with Crippen LogP contribution in [0.3, 0.4) is 0 Å². The number of fused-ring (bicyclic) bond motifs is 3. The molecule has 0 N–H and O–H groups in total. The van der Waals surface area contributed by atoms with Gasteiger partial charge in [0.1, 0.15) is 5.58 Å². The molecule has 0 aliphatic rings. The summed E-state index contributed by atoms with van der Waals surface area (Å²) in [5, 5.41) is 10.6. The third kappa shape index (κ3) is 2.62. The summed E-state index contributed by atoms with van der Waals surface area (Å²) in [5.74, 6) is 0.346. The number of aromatic nitrogens is 2. The summed E-state index contributed by atoms with van der Waals surface area (Å²) in [5.41, 5.74) is 1.55. The van der Waals surface area contributed by atoms with Crippen molar-refractivity contribution in [1.29, 1.82) is 0 Å². The predicted octanol–water partition coefficient (Wildman–Crippen LogP) is 3.56. The summed E-state index contributed by atoms with van der Waals surface area (Å²) in [4.78, 5) is 12.1. The van der Waals surface area contributed by atoms with Gasteiger partial charge in [-0.3, -0.25) is 4.79 Å². The van der Waals surface area contributed by atoms with Crippen LogP contribution in [-0.2, 0) is 22.6 Å². The Kier molecular flexibility index (Phi) is 3.49. The van der Waals surface area contributed by atoms with Gasteiger partial charge in [0, 0.05) is 17.9 Å². The molecule has 0 amide bonds. The Labute approximate surface area is 137 Å². The molecule has 6 heteroatoms. The van der Waals surface area contributed by atoms with Crippen molar-refractivity contribution in [1.82, 2.24) is 10.2 Å². The molecule has 0 radical (unpaired) electrons. The second kappa shape index (κ2) is 5.81. The number of aryl methyl sites for hydroxylation is 1. The van der Waals surface area contributed by atoms with Gasteiger partial charge in [-0.25, -0.2) is 0 Å². The molecule has 0 saturated carbocycles. The van der Waals surface area contributed by atoms with Crippen molar-refractivity contribution < 1.29 is 18.4 Å². The van der Waals surface area contributed by atoms with E-state index < -0.39 is 0 Å². The zero-order valence-corrected chi connectivity index (χ0v) is 13.0. The van der Waals surface area contributed by atoms with E-state index in [0.29, 0.717) is 5.89 Å². The minimum Gasteiger partial charge on any atom is -0.464 e. The maximum Gasteiger partial charge on any atom is 0.310 e. The summed E-state index contributed by atoms with van der Waals surface area (Å²) in [6.07, 6.45) is 1.73. The second-order valence-corrected chi connectivity index (χ2v) is 5.47. The van der Waals surface area contributed by atoms with E-state index in [9.17, 15) is 4.79 Å². The van der Waals surface area contributed by atoms with Gasteiger partial charge in [-0.1, -0.05) is 30.3 Å². The van der Waals surface area contributed by atoms with Gasteiger partial charge in [-0.2, -0.15) is 0 Å². The maximum atomic E-state index is 12.1. The summed E-state index contributed by atoms with van der Waals surface area (Å²) in [6.45, 7) is 1.65. The summed E-state index contributed by atoms with van der Waals surface area (Å²) < 4.78 is 16.0. The fourth-order valence-corrected chi connectivity index (χ4v) is 2.75. The van der Waals surface area contributed by atoms with Crippen LogP contribution < -0.4 is 0 Å². The molecule has 4 rings (SSSR count). The van der Waals surface area contributed by atoms with E-state index in [2.05, 4.69) is 10.2 Å². The van der Waals surface area contributed by atoms with Gasteiger partial charge >= 0.3 is 5.97 Å². The summed E-state index contributed by atoms with van der Waals surface area (Å²) in [7, 11) is 0. The first-order valence-electron chi connectivity index (χ1n) is 7.53. The molecule has 0 saturated heterocycles. The molecule has 0 spiro atoms. The lowest BCUT2D eigenvalue weighted by Gasteiger charge is -2.03. The Morgan fingerprint density at radius 1 is 1.17 bits per heavy atom. The highest BCUT2D eigenvalue weighted by atomic mass is 16.5. The third-order valence-corrected chi connectivity index (χ3v) is 3.80. The third-order valence-electron chi connectivity index (χ3n) is 3.80. The Hall–Kier alpha value is -3.15. The average Bonchev–Trinajstić information content (AvgIpc) is 3.19. The minimum absolute atomic E-state index is 0.0315. The van der Waals surface area contributed by atoms with Crippen molar-refractivity contribution in [2.75, 3.05) is 0 Å². The van der Waals surface area contributed by atoms with E-state index in [1.807, 2.05) is 36.4 Å². The van der Waals surface area contributed by atoms with Crippen LogP contribution >= 0.6 is 0 Å². The fraction of sp³-hybridized carbons (Fsp3) is 0.167. The molecule has 24 heavy (non-hydrogen) atoms. The smallest absolute Gasteiger partial charge is 0.310 e. The molecule has 0 atom stereocenters. The number of ether oxygens (including phenoxy) is 1. The number of nitrogens with zero attached hydrogens (tertiary/aromatic N) is 2. The van der Waals surface area contributed by atoms with E-state index in [-0.39, 0.29) is 24.9 Å². The Morgan fingerprint density at radius 3 is 2.88 bits per heavy atom. The number of esters is 1. The lowest BCUT2D eigenvalue weighted by atomic mass is 10.0. The second-order valence-electron chi connectivity index (χ2n) is 5.47. The highest BCUT2D eigenvalue weighted by molar-refractivity contribution is 6.08. The molecular weight excluding hydrogens is 308 g/mol. The van der Waals surface area contributed by atoms with Gasteiger partial charge in [0.05, 0.1) is 12.7 Å². The Bertz CT molecular complexity index is 1030. The standard InChI is InChI=1S/C18H14N2O4/c1-11-19-20-16(24-11)10-23-17(21)8-13-9-22-15-7-6-12-4-2-3-5-14(12)18(13)15/h2-7,9H,8,10H2,1H3. The SMILES string of the molecule is Cc1nnc(COC(=O)Cc2coc3ccc4ccccc4c23)o1. The number of carbonyl (C=O) groups excluding carboxylic acids is 1. The number of hydrogen-bond acceptors (Lipinski definition) is 6. The van der Waals surface area contributed by atoms with Crippen molar-refractivity contribution in [2.45, 2.75) is 20.0 Å². The van der Waals surface area contributed by atoms with E-state index in [0.717, 1.165) is 27.3 Å². The van der Waals surface area contributed by atoms with Crippen LogP contribution in [0.25, 0.3) is 21.7 Å². The largest absolute Gasteiger partial charge is 0.464 e. The number of benzene rings is 2. The summed E-state index contributed by atoms with van der Waals surface area (Å²) in [6, 6.07) is 11.9. The Morgan fingerprint density at radius 2 is 2.04 bits per heavy atom. The molecule has 0 unspecified atom stereocenters. The van der Waals surface area contributed by atoms with Crippen molar-refractivity contribution in [3.8, 4) is 0 Å². The van der Waals surface area contributed by atoms with Crippen LogP contribution in [0.15, 0.2) is 51.5 Å². The maximum absolute atomic E-state index is 12.1. The normalized spacial score (nSPS) is 11.2. The Balaban J connectivity index is 1.58. The molecular formula is C18H14N2O4. The van der Waals surface area contributed by atoms with Gasteiger partial charge in [-0.15, -0.1) is 10.2 Å². The molecule has 2 aromatic heterocycles. The summed E-state index contributed by atoms with van der Waals surface area (Å²) >= 11 is 0. The van der Waals surface area contributed by atoms with Gasteiger partial charge in [-0.05, 0) is 16.8 Å². The molecule has 0 fully saturated rings. The molecule has 0 bridgehead atoms. The first-order valence-corrected chi connectivity index (χ1v) is 7.53. The molecule has 4 aromatic rings. The van der Waals surface area contributed by atoms with E-state index in [1.54, 1.807) is 13.2 Å². The van der Waals surface area contributed by atoms with Crippen LogP contribution in [0.5, 0.6) is 0 Å². The van der Waals surface area contributed by atoms with E-state index >= 15 is 0 Å². The zero-order valence-electron chi connectivity index (χ0n) is 13.0. The van der Waals surface area contributed by atoms with Crippen molar-refractivity contribution in [2.24, 2.45) is 0 Å². The van der Waals surface area contributed by atoms with Crippen LogP contribution in [0.4, 0.5) is 0 Å². The molecule has 120 valence electrons. The van der Waals surface area contributed by atoms with Crippen molar-refractivity contribution in [3.05, 3.63) is 60.0 Å². The lowest BCUT2D eigenvalue weighted by molar-refractivity contribution is -0.144. The van der Waals surface area contributed by atoms with Crippen LogP contribution in [0, 0.1) is 6.92 Å². The highest BCUT2D eigenvalue weighted by Gasteiger charge is 2.15. The van der Waals surface area contributed by atoms with Crippen LogP contribution in [0.2, 0.25) is 0 Å². The van der Waals surface area contributed by atoms with E-state index in [4.69, 9.17) is 13.6 Å². The lowest BCUT2D eigenvalue weighted by Crippen LogP contribution is -2.08. The van der Waals surface area contributed by atoms with Crippen molar-refractivity contribution in [3.63, 3.8) is 0 Å². The quantitative estimate of drug-likeness (QED) is 0.535. The van der Waals surface area contributed by atoms with Crippen molar-refractivity contribution >= 4 is 27.7 Å². The average molecular weight is 322 g/mol. The van der Waals surface area contributed by atoms with Crippen LogP contribution in [-0.4, -0.2) is 16.2 Å². The molecule has 2 heterocycles. The number of carbonyl (C=O) groups is 1. The highest BCUT2D eigenvalue weighted by Crippen LogP contribution is 2.30. The van der Waals surface area contributed by atoms with Gasteiger partial charge < -0.3 is 13.6 Å². The molecule has 0 aliphatic carbocycles. The predicted molar refractivity (Wildman–Crippen MR) is 86.3 cm³/mol. The molecule has 6 nitrogen and oxygen atoms in total. The first-order chi connectivity index (χ1) is 11.7. The van der Waals surface area contributed by atoms with Gasteiger partial charge in [0.2, 0.25) is 5.89 Å². The van der Waals surface area contributed by atoms with Gasteiger partial charge in [0.25, 0.3) is 5.89 Å². The number of rotatable bonds is 4. The number of furan rings is 1. The minimum atomic E-state index is -0.374. The van der Waals surface area contributed by atoms with Crippen LogP contribution in [0.1, 0.15) is 17.3 Å². The zero-order chi connectivity index (χ0) is 16.5. The number of hydrogen-bond donors (Lipinski definition) is 0. The molecule has 2 aromatic carbocycles. The monoisotopic (exact) mass is 322 g/mol.